The van der Waals surface area contributed by atoms with Crippen LogP contribution in [0.1, 0.15) is 39.5 Å². The maximum atomic E-state index is 14.1. The van der Waals surface area contributed by atoms with Gasteiger partial charge in [0.25, 0.3) is 0 Å². The fourth-order valence-corrected chi connectivity index (χ4v) is 3.16. The minimum atomic E-state index is -3.54. The van der Waals surface area contributed by atoms with Crippen LogP contribution in [-0.2, 0) is 9.53 Å². The van der Waals surface area contributed by atoms with Gasteiger partial charge in [-0.1, -0.05) is 26.7 Å². The maximum Gasteiger partial charge on any atom is 0.319 e. The van der Waals surface area contributed by atoms with Crippen molar-refractivity contribution in [3.05, 3.63) is 12.3 Å². The molecule has 0 aliphatic carbocycles. The third kappa shape index (κ3) is 4.39. The van der Waals surface area contributed by atoms with Gasteiger partial charge in [0.05, 0.1) is 6.61 Å². The number of aliphatic hydroxyl groups is 2. The van der Waals surface area contributed by atoms with E-state index >= 15 is 0 Å². The number of amides is 1. The molecule has 0 radical (unpaired) electrons. The van der Waals surface area contributed by atoms with Crippen LogP contribution in [0.2, 0.25) is 0 Å². The Kier molecular flexibility index (Phi) is 7.08. The van der Waals surface area contributed by atoms with Gasteiger partial charge >= 0.3 is 5.92 Å². The molecule has 1 saturated heterocycles. The molecule has 2 heterocycles. The molecule has 3 atom stereocenters. The predicted octanol–water partition coefficient (Wildman–Crippen LogP) is 1.22. The first-order chi connectivity index (χ1) is 12.3. The number of ether oxygens (including phenoxy) is 1. The zero-order chi connectivity index (χ0) is 19.3. The SMILES string of the molecule is CCCC(CCC)C(=O)NC1=NCN([C@@H]2O[C@H](CO)[C@@H](O)C2(F)F)C=C1. The number of amidine groups is 1. The Morgan fingerprint density at radius 2 is 2.12 bits per heavy atom. The van der Waals surface area contributed by atoms with E-state index in [1.165, 1.54) is 12.3 Å². The molecule has 0 aromatic rings. The topological polar surface area (TPSA) is 94.4 Å². The van der Waals surface area contributed by atoms with Crippen LogP contribution in [0.4, 0.5) is 8.78 Å². The Morgan fingerprint density at radius 3 is 2.58 bits per heavy atom. The fourth-order valence-electron chi connectivity index (χ4n) is 3.16. The van der Waals surface area contributed by atoms with Crippen molar-refractivity contribution >= 4 is 11.7 Å². The molecule has 26 heavy (non-hydrogen) atoms. The standard InChI is InChI=1S/C17H27F2N3O4/c1-3-5-11(6-4-2)15(25)21-13-7-8-22(10-20-13)16-17(18,19)14(24)12(9-23)26-16/h7-8,11-12,14,16,23-24H,3-6,9-10H2,1-2H3,(H,20,21,25)/t12-,14-,16-/m1/s1. The van der Waals surface area contributed by atoms with E-state index in [0.29, 0.717) is 5.84 Å². The van der Waals surface area contributed by atoms with Crippen LogP contribution < -0.4 is 5.32 Å². The number of hydrogen-bond donors (Lipinski definition) is 3. The molecule has 0 saturated carbocycles. The molecule has 0 spiro atoms. The van der Waals surface area contributed by atoms with E-state index in [2.05, 4.69) is 10.3 Å². The molecular weight excluding hydrogens is 348 g/mol. The fraction of sp³-hybridized carbons (Fsp3) is 0.765. The lowest BCUT2D eigenvalue weighted by molar-refractivity contribution is -0.155. The number of hydrogen-bond acceptors (Lipinski definition) is 6. The molecule has 1 amide bonds. The number of carbonyl (C=O) groups is 1. The second-order valence-electron chi connectivity index (χ2n) is 6.61. The monoisotopic (exact) mass is 375 g/mol. The van der Waals surface area contributed by atoms with Gasteiger partial charge in [0.15, 0.2) is 12.3 Å². The highest BCUT2D eigenvalue weighted by atomic mass is 19.3. The van der Waals surface area contributed by atoms with Crippen molar-refractivity contribution in [1.29, 1.82) is 0 Å². The van der Waals surface area contributed by atoms with Crippen molar-refractivity contribution < 1.29 is 28.5 Å². The number of alkyl halides is 2. The lowest BCUT2D eigenvalue weighted by Crippen LogP contribution is -2.48. The average molecular weight is 375 g/mol. The van der Waals surface area contributed by atoms with Crippen LogP contribution in [0.25, 0.3) is 0 Å². The van der Waals surface area contributed by atoms with Gasteiger partial charge in [-0.3, -0.25) is 4.79 Å². The summed E-state index contributed by atoms with van der Waals surface area (Å²) in [6.45, 7) is 3.18. The van der Waals surface area contributed by atoms with Crippen molar-refractivity contribution in [1.82, 2.24) is 10.2 Å². The smallest absolute Gasteiger partial charge is 0.319 e. The first kappa shape index (κ1) is 20.7. The molecule has 2 aliphatic heterocycles. The third-order valence-electron chi connectivity index (χ3n) is 4.59. The highest BCUT2D eigenvalue weighted by Gasteiger charge is 2.60. The molecule has 0 aromatic heterocycles. The van der Waals surface area contributed by atoms with E-state index < -0.39 is 31.0 Å². The normalized spacial score (nSPS) is 27.7. The summed E-state index contributed by atoms with van der Waals surface area (Å²) < 4.78 is 33.3. The van der Waals surface area contributed by atoms with Crippen LogP contribution in [0.3, 0.4) is 0 Å². The van der Waals surface area contributed by atoms with Crippen molar-refractivity contribution in [2.75, 3.05) is 13.3 Å². The number of nitrogens with zero attached hydrogens (tertiary/aromatic N) is 2. The van der Waals surface area contributed by atoms with E-state index in [9.17, 15) is 18.7 Å². The van der Waals surface area contributed by atoms with Crippen LogP contribution >= 0.6 is 0 Å². The number of nitrogens with one attached hydrogen (secondary N) is 1. The highest BCUT2D eigenvalue weighted by Crippen LogP contribution is 2.38. The second-order valence-corrected chi connectivity index (χ2v) is 6.61. The minimum Gasteiger partial charge on any atom is -0.394 e. The van der Waals surface area contributed by atoms with Crippen LogP contribution in [0, 0.1) is 5.92 Å². The van der Waals surface area contributed by atoms with Gasteiger partial charge < -0.3 is 25.2 Å². The number of rotatable bonds is 7. The molecular formula is C17H27F2N3O4. The molecule has 148 valence electrons. The Balaban J connectivity index is 1.96. The maximum absolute atomic E-state index is 14.1. The van der Waals surface area contributed by atoms with E-state index in [4.69, 9.17) is 9.84 Å². The molecule has 7 nitrogen and oxygen atoms in total. The Bertz CT molecular complexity index is 550. The Labute approximate surface area is 151 Å². The summed E-state index contributed by atoms with van der Waals surface area (Å²) in [7, 11) is 0. The summed E-state index contributed by atoms with van der Waals surface area (Å²) in [5.74, 6) is -3.45. The van der Waals surface area contributed by atoms with Gasteiger partial charge in [-0.2, -0.15) is 8.78 Å². The molecule has 1 fully saturated rings. The lowest BCUT2D eigenvalue weighted by atomic mass is 9.97. The molecule has 9 heteroatoms. The number of aliphatic imine (C=N–C) groups is 1. The van der Waals surface area contributed by atoms with Crippen LogP contribution in [0.5, 0.6) is 0 Å². The molecule has 2 aliphatic rings. The quantitative estimate of drug-likeness (QED) is 0.622. The first-order valence-electron chi connectivity index (χ1n) is 8.96. The summed E-state index contributed by atoms with van der Waals surface area (Å²) >= 11 is 0. The largest absolute Gasteiger partial charge is 0.394 e. The highest BCUT2D eigenvalue weighted by molar-refractivity contribution is 6.05. The Hall–Kier alpha value is -1.58. The van der Waals surface area contributed by atoms with Gasteiger partial charge in [0, 0.05) is 12.1 Å². The number of aliphatic hydroxyl groups excluding tert-OH is 2. The van der Waals surface area contributed by atoms with Gasteiger partial charge in [-0.25, -0.2) is 4.99 Å². The van der Waals surface area contributed by atoms with E-state index in [-0.39, 0.29) is 18.5 Å². The third-order valence-corrected chi connectivity index (χ3v) is 4.59. The van der Waals surface area contributed by atoms with Crippen molar-refractivity contribution in [2.24, 2.45) is 10.9 Å². The van der Waals surface area contributed by atoms with E-state index in [1.54, 1.807) is 0 Å². The summed E-state index contributed by atoms with van der Waals surface area (Å²) in [5, 5.41) is 21.3. The van der Waals surface area contributed by atoms with Gasteiger partial charge in [0.1, 0.15) is 18.6 Å². The molecule has 2 rings (SSSR count). The summed E-state index contributed by atoms with van der Waals surface area (Å²) in [5.41, 5.74) is 0. The van der Waals surface area contributed by atoms with Crippen molar-refractivity contribution in [3.63, 3.8) is 0 Å². The van der Waals surface area contributed by atoms with Crippen molar-refractivity contribution in [2.45, 2.75) is 63.9 Å². The second kappa shape index (κ2) is 8.88. The summed E-state index contributed by atoms with van der Waals surface area (Å²) in [6.07, 6.45) is 0.984. The Morgan fingerprint density at radius 1 is 1.46 bits per heavy atom. The zero-order valence-electron chi connectivity index (χ0n) is 15.1. The van der Waals surface area contributed by atoms with Crippen molar-refractivity contribution in [3.8, 4) is 0 Å². The molecule has 3 N–H and O–H groups in total. The summed E-state index contributed by atoms with van der Waals surface area (Å²) in [6, 6.07) is 0. The molecule has 0 bridgehead atoms. The van der Waals surface area contributed by atoms with Gasteiger partial charge in [0.2, 0.25) is 5.91 Å². The molecule has 0 unspecified atom stereocenters. The van der Waals surface area contributed by atoms with Gasteiger partial charge in [-0.05, 0) is 18.9 Å². The van der Waals surface area contributed by atoms with E-state index in [1.807, 2.05) is 13.8 Å². The average Bonchev–Trinajstić information content (AvgIpc) is 2.85. The number of halogens is 2. The predicted molar refractivity (Wildman–Crippen MR) is 91.4 cm³/mol. The van der Waals surface area contributed by atoms with Gasteiger partial charge in [-0.15, -0.1) is 0 Å². The van der Waals surface area contributed by atoms with E-state index in [0.717, 1.165) is 30.6 Å². The summed E-state index contributed by atoms with van der Waals surface area (Å²) in [4.78, 5) is 17.5. The lowest BCUT2D eigenvalue weighted by Gasteiger charge is -2.31. The minimum absolute atomic E-state index is 0.0953. The van der Waals surface area contributed by atoms with Crippen LogP contribution in [-0.4, -0.2) is 64.5 Å². The molecule has 0 aromatic carbocycles. The zero-order valence-corrected chi connectivity index (χ0v) is 15.1. The first-order valence-corrected chi connectivity index (χ1v) is 8.96. The van der Waals surface area contributed by atoms with Crippen LogP contribution in [0.15, 0.2) is 17.3 Å². The number of carbonyl (C=O) groups excluding carboxylic acids is 1.